The number of rotatable bonds is 7. The summed E-state index contributed by atoms with van der Waals surface area (Å²) in [4.78, 5) is 19.9. The Morgan fingerprint density at radius 1 is 0.774 bits per heavy atom. The molecule has 0 bridgehead atoms. The molecule has 0 aliphatic carbocycles. The highest BCUT2D eigenvalue weighted by molar-refractivity contribution is 5.97. The second-order valence-electron chi connectivity index (χ2n) is 8.70. The fourth-order valence-corrected chi connectivity index (χ4v) is 4.59. The highest BCUT2D eigenvalue weighted by Gasteiger charge is 2.26. The maximum absolute atomic E-state index is 13.9. The number of hydrogen-bond donors (Lipinski definition) is 0. The zero-order chi connectivity index (χ0) is 21.6. The largest absolute Gasteiger partial charge is 0.302 e. The number of piperidine rings is 1. The Labute approximate surface area is 183 Å². The molecule has 0 unspecified atom stereocenters. The van der Waals surface area contributed by atoms with Crippen molar-refractivity contribution in [2.24, 2.45) is 5.92 Å². The first-order valence-electron chi connectivity index (χ1n) is 11.3. The van der Waals surface area contributed by atoms with Crippen molar-refractivity contribution in [2.45, 2.75) is 19.4 Å². The molecule has 2 heterocycles. The van der Waals surface area contributed by atoms with Gasteiger partial charge in [-0.1, -0.05) is 18.2 Å². The van der Waals surface area contributed by atoms with Crippen LogP contribution in [0.2, 0.25) is 0 Å². The summed E-state index contributed by atoms with van der Waals surface area (Å²) in [6.45, 7) is 8.54. The number of Topliss-reactive ketones (excluding diaryl/α,β-unsaturated/α-hetero) is 1. The van der Waals surface area contributed by atoms with Crippen LogP contribution < -0.4 is 0 Å². The summed E-state index contributed by atoms with van der Waals surface area (Å²) in [6, 6.07) is 12.9. The van der Waals surface area contributed by atoms with Crippen LogP contribution in [0.4, 0.5) is 8.78 Å². The van der Waals surface area contributed by atoms with Gasteiger partial charge in [0.05, 0.1) is 0 Å². The first-order chi connectivity index (χ1) is 15.1. The standard InChI is InChI=1S/C25H31F2N3O/c26-23-7-5-20(6-8-23)25(31)21-9-11-28(12-10-21)13-14-29-15-17-30(18-16-29)19-22-3-1-2-4-24(22)27/h1-8,21H,9-19H2. The molecule has 2 fully saturated rings. The van der Waals surface area contributed by atoms with E-state index in [1.807, 2.05) is 12.1 Å². The molecule has 4 rings (SSSR count). The van der Waals surface area contributed by atoms with Crippen LogP contribution in [-0.2, 0) is 6.54 Å². The Morgan fingerprint density at radius 2 is 1.35 bits per heavy atom. The van der Waals surface area contributed by atoms with E-state index in [1.54, 1.807) is 18.2 Å². The molecule has 166 valence electrons. The Hall–Kier alpha value is -2.15. The van der Waals surface area contributed by atoms with E-state index in [2.05, 4.69) is 14.7 Å². The van der Waals surface area contributed by atoms with Crippen molar-refractivity contribution in [3.8, 4) is 0 Å². The van der Waals surface area contributed by atoms with E-state index < -0.39 is 0 Å². The lowest BCUT2D eigenvalue weighted by molar-refractivity contribution is 0.0801. The van der Waals surface area contributed by atoms with Gasteiger partial charge in [-0.3, -0.25) is 14.6 Å². The normalized spacial score (nSPS) is 19.5. The van der Waals surface area contributed by atoms with Gasteiger partial charge in [0.2, 0.25) is 0 Å². The number of nitrogens with zero attached hydrogens (tertiary/aromatic N) is 3. The van der Waals surface area contributed by atoms with Gasteiger partial charge in [-0.15, -0.1) is 0 Å². The molecule has 2 aliphatic rings. The van der Waals surface area contributed by atoms with E-state index in [0.29, 0.717) is 12.1 Å². The molecule has 2 aromatic rings. The van der Waals surface area contributed by atoms with Crippen LogP contribution in [-0.4, -0.2) is 72.8 Å². The molecule has 2 aliphatic heterocycles. The summed E-state index contributed by atoms with van der Waals surface area (Å²) in [5.41, 5.74) is 1.39. The van der Waals surface area contributed by atoms with E-state index in [9.17, 15) is 13.6 Å². The average molecular weight is 428 g/mol. The van der Waals surface area contributed by atoms with E-state index >= 15 is 0 Å². The van der Waals surface area contributed by atoms with Crippen molar-refractivity contribution in [1.82, 2.24) is 14.7 Å². The molecule has 0 atom stereocenters. The third kappa shape index (κ3) is 5.97. The minimum atomic E-state index is -0.306. The van der Waals surface area contributed by atoms with E-state index in [4.69, 9.17) is 0 Å². The van der Waals surface area contributed by atoms with Gasteiger partial charge in [-0.2, -0.15) is 0 Å². The van der Waals surface area contributed by atoms with Crippen LogP contribution in [0.25, 0.3) is 0 Å². The first-order valence-corrected chi connectivity index (χ1v) is 11.3. The number of carbonyl (C=O) groups is 1. The van der Waals surface area contributed by atoms with Gasteiger partial charge in [0.25, 0.3) is 0 Å². The molecule has 0 saturated carbocycles. The Kier molecular flexibility index (Phi) is 7.43. The van der Waals surface area contributed by atoms with Crippen LogP contribution in [0.3, 0.4) is 0 Å². The summed E-state index contributed by atoms with van der Waals surface area (Å²) < 4.78 is 26.9. The fraction of sp³-hybridized carbons (Fsp3) is 0.480. The van der Waals surface area contributed by atoms with Crippen molar-refractivity contribution in [3.05, 3.63) is 71.3 Å². The molecule has 6 heteroatoms. The van der Waals surface area contributed by atoms with Gasteiger partial charge >= 0.3 is 0 Å². The number of benzene rings is 2. The predicted molar refractivity (Wildman–Crippen MR) is 118 cm³/mol. The van der Waals surface area contributed by atoms with Gasteiger partial charge in [0, 0.05) is 62.9 Å². The second-order valence-corrected chi connectivity index (χ2v) is 8.70. The maximum Gasteiger partial charge on any atom is 0.166 e. The van der Waals surface area contributed by atoms with E-state index in [1.165, 1.54) is 18.2 Å². The quantitative estimate of drug-likeness (QED) is 0.630. The molecule has 0 aromatic heterocycles. The summed E-state index contributed by atoms with van der Waals surface area (Å²) in [7, 11) is 0. The lowest BCUT2D eigenvalue weighted by atomic mass is 9.89. The number of halogens is 2. The SMILES string of the molecule is O=C(c1ccc(F)cc1)C1CCN(CCN2CCN(Cc3ccccc3F)CC2)CC1. The van der Waals surface area contributed by atoms with Crippen molar-refractivity contribution in [3.63, 3.8) is 0 Å². The van der Waals surface area contributed by atoms with Crippen molar-refractivity contribution >= 4 is 5.78 Å². The number of likely N-dealkylation sites (tertiary alicyclic amines) is 1. The zero-order valence-electron chi connectivity index (χ0n) is 18.0. The third-order valence-corrected chi connectivity index (χ3v) is 6.64. The fourth-order valence-electron chi connectivity index (χ4n) is 4.59. The van der Waals surface area contributed by atoms with E-state index in [0.717, 1.165) is 70.8 Å². The minimum Gasteiger partial charge on any atom is -0.302 e. The highest BCUT2D eigenvalue weighted by Crippen LogP contribution is 2.22. The predicted octanol–water partition coefficient (Wildman–Crippen LogP) is 3.68. The van der Waals surface area contributed by atoms with Gasteiger partial charge in [0.1, 0.15) is 11.6 Å². The van der Waals surface area contributed by atoms with Crippen molar-refractivity contribution in [1.29, 1.82) is 0 Å². The Bertz CT molecular complexity index is 857. The van der Waals surface area contributed by atoms with Gasteiger partial charge < -0.3 is 4.90 Å². The van der Waals surface area contributed by atoms with Crippen LogP contribution in [0.1, 0.15) is 28.8 Å². The number of hydrogen-bond acceptors (Lipinski definition) is 4. The van der Waals surface area contributed by atoms with Gasteiger partial charge in [0.15, 0.2) is 5.78 Å². The van der Waals surface area contributed by atoms with Crippen LogP contribution >= 0.6 is 0 Å². The lowest BCUT2D eigenvalue weighted by Gasteiger charge is -2.37. The number of ketones is 1. The second kappa shape index (κ2) is 10.4. The molecule has 31 heavy (non-hydrogen) atoms. The average Bonchev–Trinajstić information content (AvgIpc) is 2.80. The van der Waals surface area contributed by atoms with Crippen LogP contribution in [0, 0.1) is 17.6 Å². The van der Waals surface area contributed by atoms with Gasteiger partial charge in [-0.05, 0) is 56.3 Å². The summed E-state index contributed by atoms with van der Waals surface area (Å²) >= 11 is 0. The topological polar surface area (TPSA) is 26.8 Å². The smallest absolute Gasteiger partial charge is 0.166 e. The molecule has 0 radical (unpaired) electrons. The molecule has 0 spiro atoms. The summed E-state index contributed by atoms with van der Waals surface area (Å²) in [5, 5.41) is 0. The number of piperazine rings is 1. The van der Waals surface area contributed by atoms with Crippen LogP contribution in [0.5, 0.6) is 0 Å². The third-order valence-electron chi connectivity index (χ3n) is 6.64. The van der Waals surface area contributed by atoms with Gasteiger partial charge in [-0.25, -0.2) is 8.78 Å². The first kappa shape index (κ1) is 22.1. The highest BCUT2D eigenvalue weighted by atomic mass is 19.1. The summed E-state index contributed by atoms with van der Waals surface area (Å²) in [6.07, 6.45) is 1.74. The zero-order valence-corrected chi connectivity index (χ0v) is 18.0. The molecular formula is C25H31F2N3O. The molecular weight excluding hydrogens is 396 g/mol. The molecule has 2 aromatic carbocycles. The molecule has 2 saturated heterocycles. The lowest BCUT2D eigenvalue weighted by Crippen LogP contribution is -2.48. The van der Waals surface area contributed by atoms with Crippen molar-refractivity contribution < 1.29 is 13.6 Å². The monoisotopic (exact) mass is 427 g/mol. The maximum atomic E-state index is 13.9. The van der Waals surface area contributed by atoms with Crippen LogP contribution in [0.15, 0.2) is 48.5 Å². The number of carbonyl (C=O) groups excluding carboxylic acids is 1. The Balaban J connectivity index is 1.15. The minimum absolute atomic E-state index is 0.0450. The Morgan fingerprint density at radius 3 is 2.00 bits per heavy atom. The summed E-state index contributed by atoms with van der Waals surface area (Å²) in [5.74, 6) is -0.236. The van der Waals surface area contributed by atoms with E-state index in [-0.39, 0.29) is 23.3 Å². The molecule has 0 N–H and O–H groups in total. The van der Waals surface area contributed by atoms with Crippen molar-refractivity contribution in [2.75, 3.05) is 52.4 Å². The molecule has 4 nitrogen and oxygen atoms in total. The molecule has 0 amide bonds.